The highest BCUT2D eigenvalue weighted by Crippen LogP contribution is 2.36. The number of hydrogen-bond donors (Lipinski definition) is 0. The summed E-state index contributed by atoms with van der Waals surface area (Å²) in [5.41, 5.74) is 1.78. The van der Waals surface area contributed by atoms with Crippen LogP contribution in [-0.4, -0.2) is 30.4 Å². The van der Waals surface area contributed by atoms with Gasteiger partial charge in [-0.15, -0.1) is 0 Å². The second-order valence-electron chi connectivity index (χ2n) is 9.53. The molecule has 0 bridgehead atoms. The third kappa shape index (κ3) is 7.28. The van der Waals surface area contributed by atoms with Crippen LogP contribution in [0.2, 0.25) is 0 Å². The molecule has 0 atom stereocenters. The average molecular weight is 616 g/mol. The highest BCUT2D eigenvalue weighted by atomic mass is 127. The van der Waals surface area contributed by atoms with E-state index in [9.17, 15) is 9.59 Å². The third-order valence-electron chi connectivity index (χ3n) is 6.37. The fourth-order valence-electron chi connectivity index (χ4n) is 4.00. The summed E-state index contributed by atoms with van der Waals surface area (Å²) < 4.78 is 20.1. The van der Waals surface area contributed by atoms with Crippen molar-refractivity contribution in [2.24, 2.45) is 5.92 Å². The number of aromatic nitrogens is 1. The summed E-state index contributed by atoms with van der Waals surface area (Å²) >= 11 is 2.32. The number of methoxy groups -OCH3 is 1. The van der Waals surface area contributed by atoms with Gasteiger partial charge in [0.1, 0.15) is 12.2 Å². The molecule has 1 aliphatic carbocycles. The Balaban J connectivity index is 1.60. The molecule has 1 fully saturated rings. The number of carbonyl (C=O) groups excluding carboxylic acids is 1. The first-order valence-corrected chi connectivity index (χ1v) is 13.6. The summed E-state index contributed by atoms with van der Waals surface area (Å²) in [5.74, 6) is 1.58. The van der Waals surface area contributed by atoms with E-state index in [0.29, 0.717) is 19.8 Å². The van der Waals surface area contributed by atoms with E-state index in [1.54, 1.807) is 10.9 Å². The molecule has 3 aromatic rings. The van der Waals surface area contributed by atoms with E-state index in [1.807, 2.05) is 42.5 Å². The van der Waals surface area contributed by atoms with Gasteiger partial charge in [0.25, 0.3) is 0 Å². The number of halogens is 1. The predicted octanol–water partition coefficient (Wildman–Crippen LogP) is 5.54. The van der Waals surface area contributed by atoms with E-state index < -0.39 is 5.97 Å². The smallest absolute Gasteiger partial charge is 0.343 e. The number of rotatable bonds is 12. The van der Waals surface area contributed by atoms with Crippen LogP contribution in [0.5, 0.6) is 11.5 Å². The molecule has 4 rings (SSSR count). The van der Waals surface area contributed by atoms with Gasteiger partial charge >= 0.3 is 5.97 Å². The third-order valence-corrected chi connectivity index (χ3v) is 7.37. The highest BCUT2D eigenvalue weighted by molar-refractivity contribution is 14.1. The average Bonchev–Trinajstić information content (AvgIpc) is 3.72. The molecule has 196 valence electrons. The van der Waals surface area contributed by atoms with Crippen molar-refractivity contribution < 1.29 is 19.0 Å². The minimum Gasteiger partial charge on any atom is -0.490 e. The van der Waals surface area contributed by atoms with Crippen LogP contribution in [0.25, 0.3) is 0 Å². The minimum absolute atomic E-state index is 0.000829. The van der Waals surface area contributed by atoms with E-state index in [4.69, 9.17) is 14.2 Å². The summed E-state index contributed by atoms with van der Waals surface area (Å²) in [6.45, 7) is 5.78. The van der Waals surface area contributed by atoms with E-state index in [1.165, 1.54) is 32.2 Å². The molecule has 0 unspecified atom stereocenters. The fourth-order valence-corrected chi connectivity index (χ4v) is 4.61. The molecule has 1 aromatic heterocycles. The molecule has 0 N–H and O–H groups in total. The first-order valence-electron chi connectivity index (χ1n) is 12.5. The summed E-state index contributed by atoms with van der Waals surface area (Å²) in [5, 5.41) is 2.07. The lowest BCUT2D eigenvalue weighted by Crippen LogP contribution is -2.41. The molecule has 2 aromatic carbocycles. The Hall–Kier alpha value is -3.01. The Morgan fingerprint density at radius 1 is 1.11 bits per heavy atom. The van der Waals surface area contributed by atoms with E-state index >= 15 is 0 Å². The quantitative estimate of drug-likeness (QED) is 0.197. The van der Waals surface area contributed by atoms with Crippen molar-refractivity contribution in [1.29, 1.82) is 0 Å². The van der Waals surface area contributed by atoms with Gasteiger partial charge in [-0.05, 0) is 72.0 Å². The largest absolute Gasteiger partial charge is 0.490 e. The summed E-state index contributed by atoms with van der Waals surface area (Å²) in [7, 11) is 1.27. The molecule has 1 saturated carbocycles. The normalized spacial score (nSPS) is 12.9. The maximum atomic E-state index is 12.2. The topological polar surface area (TPSA) is 70.0 Å². The van der Waals surface area contributed by atoms with E-state index in [0.717, 1.165) is 38.5 Å². The van der Waals surface area contributed by atoms with Crippen LogP contribution >= 0.6 is 22.6 Å². The van der Waals surface area contributed by atoms with Gasteiger partial charge in [-0.25, -0.2) is 4.79 Å². The van der Waals surface area contributed by atoms with Crippen molar-refractivity contribution in [1.82, 2.24) is 4.68 Å². The first-order chi connectivity index (χ1) is 17.9. The van der Waals surface area contributed by atoms with Gasteiger partial charge in [0.2, 0.25) is 0 Å². The number of benzene rings is 2. The molecule has 0 spiro atoms. The van der Waals surface area contributed by atoms with Crippen LogP contribution in [0.4, 0.5) is 0 Å². The van der Waals surface area contributed by atoms with Gasteiger partial charge in [0.05, 0.1) is 20.3 Å². The zero-order valence-corrected chi connectivity index (χ0v) is 23.6. The van der Waals surface area contributed by atoms with Gasteiger partial charge in [0.15, 0.2) is 16.9 Å². The Morgan fingerprint density at radius 3 is 2.51 bits per heavy atom. The van der Waals surface area contributed by atoms with Crippen LogP contribution in [0.1, 0.15) is 54.6 Å². The summed E-state index contributed by atoms with van der Waals surface area (Å²) in [4.78, 5) is 24.3. The number of hydrogen-bond acceptors (Lipinski definition) is 6. The first kappa shape index (κ1) is 27.0. The van der Waals surface area contributed by atoms with E-state index in [2.05, 4.69) is 41.4 Å². The molecule has 0 radical (unpaired) electrons. The number of ether oxygens (including phenoxy) is 3. The Kier molecular flexibility index (Phi) is 9.13. The second kappa shape index (κ2) is 12.5. The SMILES string of the molecule is COC(=O)c1cn(N(Cc2cc(OCCC3CC3)c(OCc3ccccc3)cc2I)C(C)C)ccc1=O. The molecular formula is C29H33IN2O5. The second-order valence-corrected chi connectivity index (χ2v) is 10.7. The van der Waals surface area contributed by atoms with Crippen molar-refractivity contribution in [2.45, 2.75) is 52.3 Å². The predicted molar refractivity (Wildman–Crippen MR) is 152 cm³/mol. The number of esters is 1. The van der Waals surface area contributed by atoms with Crippen LogP contribution in [0.3, 0.4) is 0 Å². The number of carbonyl (C=O) groups is 1. The monoisotopic (exact) mass is 616 g/mol. The lowest BCUT2D eigenvalue weighted by Gasteiger charge is -2.32. The van der Waals surface area contributed by atoms with Gasteiger partial charge in [-0.1, -0.05) is 43.2 Å². The standard InChI is InChI=1S/C29H33IN2O5/c1-20(2)32(31-13-11-26(33)24(18-31)29(34)35-3)17-23-15-27(36-14-12-21-9-10-21)28(16-25(23)30)37-19-22-7-5-4-6-8-22/h4-8,11,13,15-16,18,20-21H,9-10,12,14,17,19H2,1-3H3. The van der Waals surface area contributed by atoms with Crippen LogP contribution in [0.15, 0.2) is 65.7 Å². The maximum absolute atomic E-state index is 12.2. The van der Waals surface area contributed by atoms with Gasteiger partial charge < -0.3 is 19.2 Å². The molecule has 1 heterocycles. The Labute approximate surface area is 231 Å². The number of pyridine rings is 1. The zero-order chi connectivity index (χ0) is 26.4. The Bertz CT molecular complexity index is 1270. The van der Waals surface area contributed by atoms with Gasteiger partial charge in [0, 0.05) is 28.1 Å². The lowest BCUT2D eigenvalue weighted by atomic mass is 10.1. The van der Waals surface area contributed by atoms with Crippen LogP contribution in [0, 0.1) is 9.49 Å². The van der Waals surface area contributed by atoms with Crippen molar-refractivity contribution in [3.8, 4) is 11.5 Å². The lowest BCUT2D eigenvalue weighted by molar-refractivity contribution is 0.0598. The number of nitrogens with zero attached hydrogens (tertiary/aromatic N) is 2. The van der Waals surface area contributed by atoms with Crippen LogP contribution < -0.4 is 19.9 Å². The zero-order valence-electron chi connectivity index (χ0n) is 21.5. The summed E-state index contributed by atoms with van der Waals surface area (Å²) in [6, 6.07) is 15.6. The molecule has 0 aliphatic heterocycles. The molecule has 8 heteroatoms. The fraction of sp³-hybridized carbons (Fsp3) is 0.379. The van der Waals surface area contributed by atoms with Gasteiger partial charge in [-0.3, -0.25) is 9.47 Å². The maximum Gasteiger partial charge on any atom is 0.343 e. The molecule has 37 heavy (non-hydrogen) atoms. The van der Waals surface area contributed by atoms with Crippen LogP contribution in [-0.2, 0) is 17.9 Å². The molecule has 7 nitrogen and oxygen atoms in total. The van der Waals surface area contributed by atoms with Crippen molar-refractivity contribution in [3.05, 3.63) is 91.4 Å². The van der Waals surface area contributed by atoms with Gasteiger partial charge in [-0.2, -0.15) is 0 Å². The van der Waals surface area contributed by atoms with Crippen molar-refractivity contribution >= 4 is 28.6 Å². The molecule has 0 amide bonds. The molecular weight excluding hydrogens is 583 g/mol. The minimum atomic E-state index is -0.649. The Morgan fingerprint density at radius 2 is 1.84 bits per heavy atom. The summed E-state index contributed by atoms with van der Waals surface area (Å²) in [6.07, 6.45) is 6.83. The van der Waals surface area contributed by atoms with Crippen molar-refractivity contribution in [3.63, 3.8) is 0 Å². The molecule has 1 aliphatic rings. The van der Waals surface area contributed by atoms with E-state index in [-0.39, 0.29) is 17.0 Å². The highest BCUT2D eigenvalue weighted by Gasteiger charge is 2.22. The molecule has 0 saturated heterocycles. The van der Waals surface area contributed by atoms with Crippen molar-refractivity contribution in [2.75, 3.05) is 18.7 Å².